The van der Waals surface area contributed by atoms with Gasteiger partial charge >= 0.3 is 0 Å². The molecule has 0 fully saturated rings. The van der Waals surface area contributed by atoms with Crippen molar-refractivity contribution < 1.29 is 5.11 Å². The normalized spacial score (nSPS) is 13.6. The van der Waals surface area contributed by atoms with E-state index >= 15 is 0 Å². The lowest BCUT2D eigenvalue weighted by atomic mass is 9.81. The summed E-state index contributed by atoms with van der Waals surface area (Å²) >= 11 is 0. The SMILES string of the molecule is CCCC(CCCCCc1ccc(O)cc1)C(C)c1ccccc1. The Bertz CT molecular complexity index is 558. The molecule has 0 aromatic heterocycles. The Labute approximate surface area is 147 Å². The molecule has 0 saturated carbocycles. The van der Waals surface area contributed by atoms with E-state index in [1.54, 1.807) is 12.1 Å². The minimum atomic E-state index is 0.357. The summed E-state index contributed by atoms with van der Waals surface area (Å²) in [6.45, 7) is 4.70. The number of hydrogen-bond donors (Lipinski definition) is 1. The molecule has 0 amide bonds. The number of aryl methyl sites for hydroxylation is 1. The molecule has 1 heteroatoms. The average Bonchev–Trinajstić information content (AvgIpc) is 2.62. The van der Waals surface area contributed by atoms with Crippen LogP contribution in [-0.2, 0) is 6.42 Å². The van der Waals surface area contributed by atoms with Gasteiger partial charge in [-0.25, -0.2) is 0 Å². The van der Waals surface area contributed by atoms with Crippen molar-refractivity contribution in [2.24, 2.45) is 5.92 Å². The highest BCUT2D eigenvalue weighted by atomic mass is 16.3. The molecule has 0 aliphatic rings. The minimum absolute atomic E-state index is 0.357. The van der Waals surface area contributed by atoms with E-state index in [4.69, 9.17) is 0 Å². The van der Waals surface area contributed by atoms with Gasteiger partial charge in [0.05, 0.1) is 0 Å². The van der Waals surface area contributed by atoms with E-state index < -0.39 is 0 Å². The molecule has 1 N–H and O–H groups in total. The van der Waals surface area contributed by atoms with Crippen LogP contribution in [0.3, 0.4) is 0 Å². The number of rotatable bonds is 10. The van der Waals surface area contributed by atoms with Crippen molar-refractivity contribution in [1.29, 1.82) is 0 Å². The fourth-order valence-corrected chi connectivity index (χ4v) is 3.62. The van der Waals surface area contributed by atoms with Crippen LogP contribution in [0.1, 0.15) is 69.4 Å². The molecule has 2 aromatic carbocycles. The van der Waals surface area contributed by atoms with Crippen LogP contribution in [0.2, 0.25) is 0 Å². The van der Waals surface area contributed by atoms with E-state index in [1.165, 1.54) is 49.7 Å². The molecule has 2 rings (SSSR count). The number of hydrogen-bond acceptors (Lipinski definition) is 1. The molecule has 0 aliphatic heterocycles. The summed E-state index contributed by atoms with van der Waals surface area (Å²) in [7, 11) is 0. The van der Waals surface area contributed by atoms with Gasteiger partial charge in [0.25, 0.3) is 0 Å². The summed E-state index contributed by atoms with van der Waals surface area (Å²) in [5, 5.41) is 9.32. The summed E-state index contributed by atoms with van der Waals surface area (Å²) in [5.74, 6) is 1.81. The number of benzene rings is 2. The number of aromatic hydroxyl groups is 1. The Balaban J connectivity index is 1.74. The third-order valence-electron chi connectivity index (χ3n) is 5.17. The first-order valence-corrected chi connectivity index (χ1v) is 9.53. The van der Waals surface area contributed by atoms with Crippen LogP contribution in [0.5, 0.6) is 5.75 Å². The fourth-order valence-electron chi connectivity index (χ4n) is 3.62. The second-order valence-corrected chi connectivity index (χ2v) is 7.01. The molecule has 2 unspecified atom stereocenters. The van der Waals surface area contributed by atoms with Gasteiger partial charge in [-0.1, -0.05) is 82.0 Å². The van der Waals surface area contributed by atoms with E-state index in [2.05, 4.69) is 44.2 Å². The van der Waals surface area contributed by atoms with Gasteiger partial charge in [-0.2, -0.15) is 0 Å². The summed E-state index contributed by atoms with van der Waals surface area (Å²) in [4.78, 5) is 0. The van der Waals surface area contributed by atoms with Crippen LogP contribution < -0.4 is 0 Å². The maximum absolute atomic E-state index is 9.32. The third kappa shape index (κ3) is 6.03. The first-order valence-electron chi connectivity index (χ1n) is 9.53. The van der Waals surface area contributed by atoms with Crippen LogP contribution in [0, 0.1) is 5.92 Å². The predicted octanol–water partition coefficient (Wildman–Crippen LogP) is 6.72. The molecule has 1 nitrogen and oxygen atoms in total. The van der Waals surface area contributed by atoms with Crippen molar-refractivity contribution in [3.05, 3.63) is 65.7 Å². The lowest BCUT2D eigenvalue weighted by molar-refractivity contribution is 0.367. The third-order valence-corrected chi connectivity index (χ3v) is 5.17. The molecule has 0 bridgehead atoms. The van der Waals surface area contributed by atoms with Crippen molar-refractivity contribution in [1.82, 2.24) is 0 Å². The molecule has 2 atom stereocenters. The second kappa shape index (κ2) is 10.2. The molecular formula is C23H32O. The van der Waals surface area contributed by atoms with E-state index in [0.717, 1.165) is 12.3 Å². The molecule has 2 aromatic rings. The standard InChI is InChI=1S/C23H32O/c1-3-10-21(19(2)22-13-8-5-9-14-22)12-7-4-6-11-20-15-17-23(24)18-16-20/h5,8-9,13-19,21,24H,3-4,6-7,10-12H2,1-2H3. The molecule has 0 radical (unpaired) electrons. The van der Waals surface area contributed by atoms with Crippen LogP contribution in [0.15, 0.2) is 54.6 Å². The molecule has 0 spiro atoms. The van der Waals surface area contributed by atoms with Gasteiger partial charge < -0.3 is 5.11 Å². The van der Waals surface area contributed by atoms with Crippen molar-refractivity contribution in [3.8, 4) is 5.75 Å². The van der Waals surface area contributed by atoms with Crippen molar-refractivity contribution >= 4 is 0 Å². The van der Waals surface area contributed by atoms with Crippen molar-refractivity contribution in [2.75, 3.05) is 0 Å². The van der Waals surface area contributed by atoms with Crippen LogP contribution in [0.25, 0.3) is 0 Å². The maximum atomic E-state index is 9.32. The largest absolute Gasteiger partial charge is 0.508 e. The monoisotopic (exact) mass is 324 g/mol. The highest BCUT2D eigenvalue weighted by Gasteiger charge is 2.17. The Hall–Kier alpha value is -1.76. The van der Waals surface area contributed by atoms with Crippen molar-refractivity contribution in [3.63, 3.8) is 0 Å². The van der Waals surface area contributed by atoms with Gasteiger partial charge in [0.2, 0.25) is 0 Å². The van der Waals surface area contributed by atoms with Gasteiger partial charge in [-0.05, 0) is 54.4 Å². The molecule has 130 valence electrons. The lowest BCUT2D eigenvalue weighted by Crippen LogP contribution is -2.10. The van der Waals surface area contributed by atoms with Gasteiger partial charge in [0, 0.05) is 0 Å². The number of phenols is 1. The number of unbranched alkanes of at least 4 members (excludes halogenated alkanes) is 2. The average molecular weight is 325 g/mol. The smallest absolute Gasteiger partial charge is 0.115 e. The molecular weight excluding hydrogens is 292 g/mol. The van der Waals surface area contributed by atoms with Crippen LogP contribution in [-0.4, -0.2) is 5.11 Å². The van der Waals surface area contributed by atoms with E-state index in [9.17, 15) is 5.11 Å². The van der Waals surface area contributed by atoms with E-state index in [0.29, 0.717) is 11.7 Å². The summed E-state index contributed by atoms with van der Waals surface area (Å²) in [6, 6.07) is 18.6. The highest BCUT2D eigenvalue weighted by molar-refractivity contribution is 5.25. The van der Waals surface area contributed by atoms with E-state index in [1.807, 2.05) is 12.1 Å². The Morgan fingerprint density at radius 3 is 2.21 bits per heavy atom. The zero-order valence-corrected chi connectivity index (χ0v) is 15.2. The minimum Gasteiger partial charge on any atom is -0.508 e. The van der Waals surface area contributed by atoms with E-state index in [-0.39, 0.29) is 0 Å². The zero-order valence-electron chi connectivity index (χ0n) is 15.2. The van der Waals surface area contributed by atoms with Gasteiger partial charge in [0.1, 0.15) is 5.75 Å². The van der Waals surface area contributed by atoms with Gasteiger partial charge in [-0.15, -0.1) is 0 Å². The first kappa shape index (κ1) is 18.6. The van der Waals surface area contributed by atoms with Gasteiger partial charge in [0.15, 0.2) is 0 Å². The maximum Gasteiger partial charge on any atom is 0.115 e. The summed E-state index contributed by atoms with van der Waals surface area (Å²) in [6.07, 6.45) is 8.90. The topological polar surface area (TPSA) is 20.2 Å². The van der Waals surface area contributed by atoms with Crippen LogP contribution >= 0.6 is 0 Å². The van der Waals surface area contributed by atoms with Crippen molar-refractivity contribution in [2.45, 2.75) is 64.7 Å². The summed E-state index contributed by atoms with van der Waals surface area (Å²) < 4.78 is 0. The van der Waals surface area contributed by atoms with Gasteiger partial charge in [-0.3, -0.25) is 0 Å². The Kier molecular flexibility index (Phi) is 7.88. The first-order chi connectivity index (χ1) is 11.7. The molecule has 0 aliphatic carbocycles. The highest BCUT2D eigenvalue weighted by Crippen LogP contribution is 2.31. The second-order valence-electron chi connectivity index (χ2n) is 7.01. The molecule has 0 saturated heterocycles. The van der Waals surface area contributed by atoms with Crippen LogP contribution in [0.4, 0.5) is 0 Å². The summed E-state index contributed by atoms with van der Waals surface area (Å²) in [5.41, 5.74) is 2.82. The number of phenolic OH excluding ortho intramolecular Hbond substituents is 1. The quantitative estimate of drug-likeness (QED) is 0.481. The molecule has 0 heterocycles. The predicted molar refractivity (Wildman–Crippen MR) is 104 cm³/mol. The fraction of sp³-hybridized carbons (Fsp3) is 0.478. The Morgan fingerprint density at radius 2 is 1.54 bits per heavy atom. The lowest BCUT2D eigenvalue weighted by Gasteiger charge is -2.24. The zero-order chi connectivity index (χ0) is 17.2. The Morgan fingerprint density at radius 1 is 0.833 bits per heavy atom. The molecule has 24 heavy (non-hydrogen) atoms.